The Morgan fingerprint density at radius 1 is 1.05 bits per heavy atom. The number of benzene rings is 2. The van der Waals surface area contributed by atoms with Gasteiger partial charge in [-0.1, -0.05) is 17.7 Å². The molecule has 0 radical (unpaired) electrons. The predicted molar refractivity (Wildman–Crippen MR) is 73.2 cm³/mol. The van der Waals surface area contributed by atoms with Crippen LogP contribution in [0, 0.1) is 23.3 Å². The summed E-state index contributed by atoms with van der Waals surface area (Å²) in [6.07, 6.45) is 0.278. The molecule has 0 amide bonds. The zero-order valence-electron chi connectivity index (χ0n) is 11.1. The van der Waals surface area contributed by atoms with Crippen LogP contribution in [0.1, 0.15) is 17.2 Å². The SMILES string of the molecule is CNC(Cc1ccc(F)cc1Cl)c1cc(F)c(F)c(F)c1. The highest BCUT2D eigenvalue weighted by Crippen LogP contribution is 2.26. The van der Waals surface area contributed by atoms with Gasteiger partial charge < -0.3 is 5.32 Å². The van der Waals surface area contributed by atoms with Gasteiger partial charge in [0, 0.05) is 11.1 Å². The van der Waals surface area contributed by atoms with Crippen LogP contribution in [0.4, 0.5) is 17.6 Å². The Morgan fingerprint density at radius 3 is 2.19 bits per heavy atom. The van der Waals surface area contributed by atoms with Crippen LogP contribution in [0.15, 0.2) is 30.3 Å². The largest absolute Gasteiger partial charge is 0.313 e. The number of likely N-dealkylation sites (N-methyl/N-ethyl adjacent to an activating group) is 1. The van der Waals surface area contributed by atoms with E-state index in [1.165, 1.54) is 12.1 Å². The summed E-state index contributed by atoms with van der Waals surface area (Å²) in [7, 11) is 1.60. The van der Waals surface area contributed by atoms with E-state index >= 15 is 0 Å². The zero-order valence-corrected chi connectivity index (χ0v) is 11.8. The van der Waals surface area contributed by atoms with Crippen molar-refractivity contribution in [3.05, 3.63) is 69.8 Å². The first-order valence-corrected chi connectivity index (χ1v) is 6.55. The fourth-order valence-corrected chi connectivity index (χ4v) is 2.31. The van der Waals surface area contributed by atoms with Crippen molar-refractivity contribution < 1.29 is 17.6 Å². The third kappa shape index (κ3) is 3.54. The van der Waals surface area contributed by atoms with Crippen LogP contribution in [0.25, 0.3) is 0 Å². The second-order valence-electron chi connectivity index (χ2n) is 4.58. The molecule has 0 aliphatic rings. The van der Waals surface area contributed by atoms with Crippen molar-refractivity contribution in [3.63, 3.8) is 0 Å². The Balaban J connectivity index is 2.32. The topological polar surface area (TPSA) is 12.0 Å². The van der Waals surface area contributed by atoms with Crippen molar-refractivity contribution in [2.24, 2.45) is 0 Å². The number of hydrogen-bond donors (Lipinski definition) is 1. The van der Waals surface area contributed by atoms with Crippen LogP contribution < -0.4 is 5.32 Å². The fraction of sp³-hybridized carbons (Fsp3) is 0.200. The molecule has 0 saturated heterocycles. The molecule has 2 rings (SSSR count). The first kappa shape index (κ1) is 15.8. The van der Waals surface area contributed by atoms with E-state index in [1.807, 2.05) is 0 Å². The molecule has 0 heterocycles. The first-order valence-electron chi connectivity index (χ1n) is 6.18. The third-order valence-corrected chi connectivity index (χ3v) is 3.55. The highest BCUT2D eigenvalue weighted by Gasteiger charge is 2.17. The zero-order chi connectivity index (χ0) is 15.6. The molecule has 112 valence electrons. The molecule has 0 bridgehead atoms. The van der Waals surface area contributed by atoms with E-state index in [0.717, 1.165) is 18.2 Å². The molecular weight excluding hydrogens is 306 g/mol. The Kier molecular flexibility index (Phi) is 4.85. The average molecular weight is 318 g/mol. The van der Waals surface area contributed by atoms with E-state index in [-0.39, 0.29) is 17.0 Å². The molecule has 0 spiro atoms. The molecule has 6 heteroatoms. The minimum atomic E-state index is -1.51. The van der Waals surface area contributed by atoms with Gasteiger partial charge in [-0.05, 0) is 48.9 Å². The van der Waals surface area contributed by atoms with Crippen molar-refractivity contribution in [2.75, 3.05) is 7.05 Å². The fourth-order valence-electron chi connectivity index (χ4n) is 2.07. The van der Waals surface area contributed by atoms with Gasteiger partial charge in [-0.25, -0.2) is 17.6 Å². The number of hydrogen-bond acceptors (Lipinski definition) is 1. The predicted octanol–water partition coefficient (Wildman–Crippen LogP) is 4.40. The standard InChI is InChI=1S/C15H12ClF4N/c1-21-14(6-8-2-3-10(17)7-11(8)16)9-4-12(18)15(20)13(19)5-9/h2-5,7,14,21H,6H2,1H3. The Morgan fingerprint density at radius 2 is 1.67 bits per heavy atom. The van der Waals surface area contributed by atoms with E-state index in [0.29, 0.717) is 5.56 Å². The monoisotopic (exact) mass is 317 g/mol. The van der Waals surface area contributed by atoms with Gasteiger partial charge in [0.2, 0.25) is 0 Å². The summed E-state index contributed by atoms with van der Waals surface area (Å²) in [5.74, 6) is -4.48. The molecule has 2 aromatic carbocycles. The van der Waals surface area contributed by atoms with Crippen molar-refractivity contribution >= 4 is 11.6 Å². The summed E-state index contributed by atoms with van der Waals surface area (Å²) < 4.78 is 52.6. The van der Waals surface area contributed by atoms with Crippen LogP contribution in [0.3, 0.4) is 0 Å². The summed E-state index contributed by atoms with van der Waals surface area (Å²) in [6, 6.07) is 5.28. The molecule has 0 aliphatic heterocycles. The Labute approximate surface area is 124 Å². The van der Waals surface area contributed by atoms with Gasteiger partial charge in [-0.2, -0.15) is 0 Å². The quantitative estimate of drug-likeness (QED) is 0.651. The normalized spacial score (nSPS) is 12.5. The maximum Gasteiger partial charge on any atom is 0.194 e. The lowest BCUT2D eigenvalue weighted by molar-refractivity contribution is 0.441. The second kappa shape index (κ2) is 6.45. The summed E-state index contributed by atoms with van der Waals surface area (Å²) in [5.41, 5.74) is 0.858. The van der Waals surface area contributed by atoms with E-state index < -0.39 is 29.3 Å². The smallest absolute Gasteiger partial charge is 0.194 e. The van der Waals surface area contributed by atoms with Crippen LogP contribution in [0.2, 0.25) is 5.02 Å². The highest BCUT2D eigenvalue weighted by molar-refractivity contribution is 6.31. The lowest BCUT2D eigenvalue weighted by Gasteiger charge is -2.18. The van der Waals surface area contributed by atoms with Crippen molar-refractivity contribution in [1.29, 1.82) is 0 Å². The van der Waals surface area contributed by atoms with E-state index in [4.69, 9.17) is 11.6 Å². The number of nitrogens with one attached hydrogen (secondary N) is 1. The van der Waals surface area contributed by atoms with Gasteiger partial charge in [0.15, 0.2) is 17.5 Å². The lowest BCUT2D eigenvalue weighted by atomic mass is 9.98. The van der Waals surface area contributed by atoms with Crippen LogP contribution >= 0.6 is 11.6 Å². The average Bonchev–Trinajstić information content (AvgIpc) is 2.43. The summed E-state index contributed by atoms with van der Waals surface area (Å²) in [5, 5.41) is 3.10. The van der Waals surface area contributed by atoms with Gasteiger partial charge in [-0.15, -0.1) is 0 Å². The van der Waals surface area contributed by atoms with Crippen LogP contribution in [-0.2, 0) is 6.42 Å². The molecule has 2 aromatic rings. The minimum absolute atomic E-state index is 0.221. The summed E-state index contributed by atoms with van der Waals surface area (Å²) in [6.45, 7) is 0. The van der Waals surface area contributed by atoms with Crippen molar-refractivity contribution in [2.45, 2.75) is 12.5 Å². The molecule has 1 atom stereocenters. The van der Waals surface area contributed by atoms with Gasteiger partial charge in [0.05, 0.1) is 0 Å². The van der Waals surface area contributed by atoms with E-state index in [9.17, 15) is 17.6 Å². The Bertz CT molecular complexity index is 637. The molecule has 0 aliphatic carbocycles. The summed E-state index contributed by atoms with van der Waals surface area (Å²) >= 11 is 5.93. The maximum atomic E-state index is 13.3. The van der Waals surface area contributed by atoms with Gasteiger partial charge in [0.25, 0.3) is 0 Å². The van der Waals surface area contributed by atoms with E-state index in [1.54, 1.807) is 7.05 Å². The van der Waals surface area contributed by atoms with Crippen LogP contribution in [-0.4, -0.2) is 7.05 Å². The van der Waals surface area contributed by atoms with Gasteiger partial charge in [0.1, 0.15) is 5.82 Å². The number of rotatable bonds is 4. The van der Waals surface area contributed by atoms with Crippen LogP contribution in [0.5, 0.6) is 0 Å². The lowest BCUT2D eigenvalue weighted by Crippen LogP contribution is -2.19. The van der Waals surface area contributed by atoms with Gasteiger partial charge in [-0.3, -0.25) is 0 Å². The second-order valence-corrected chi connectivity index (χ2v) is 4.99. The molecule has 1 nitrogen and oxygen atoms in total. The first-order chi connectivity index (χ1) is 9.92. The molecule has 0 aromatic heterocycles. The molecule has 1 N–H and O–H groups in total. The van der Waals surface area contributed by atoms with Crippen molar-refractivity contribution in [3.8, 4) is 0 Å². The maximum absolute atomic E-state index is 13.3. The summed E-state index contributed by atoms with van der Waals surface area (Å²) in [4.78, 5) is 0. The molecule has 0 fully saturated rings. The van der Waals surface area contributed by atoms with Crippen molar-refractivity contribution in [1.82, 2.24) is 5.32 Å². The van der Waals surface area contributed by atoms with E-state index in [2.05, 4.69) is 5.32 Å². The highest BCUT2D eigenvalue weighted by atomic mass is 35.5. The molecule has 21 heavy (non-hydrogen) atoms. The molecular formula is C15H12ClF4N. The third-order valence-electron chi connectivity index (χ3n) is 3.20. The Hall–Kier alpha value is -1.59. The van der Waals surface area contributed by atoms with Gasteiger partial charge >= 0.3 is 0 Å². The minimum Gasteiger partial charge on any atom is -0.313 e. The molecule has 1 unspecified atom stereocenters. The molecule has 0 saturated carbocycles. The number of halogens is 5.